The molecule has 2 aromatic carbocycles. The SMILES string of the molecule is O=[N+]([O-])c1ccc(N2CC[NH+](Cc3nnc(-c4ccc(Cl)cc4)o3)CC2)cc1. The van der Waals surface area contributed by atoms with Crippen LogP contribution in [0.5, 0.6) is 0 Å². The number of non-ortho nitro benzene ring substituents is 1. The van der Waals surface area contributed by atoms with Gasteiger partial charge in [0.05, 0.1) is 31.1 Å². The lowest BCUT2D eigenvalue weighted by atomic mass is 10.2. The number of nitro groups is 1. The molecular weight excluding hydrogens is 382 g/mol. The second-order valence-corrected chi connectivity index (χ2v) is 7.13. The minimum Gasteiger partial charge on any atom is -0.415 e. The molecule has 0 aliphatic carbocycles. The zero-order valence-corrected chi connectivity index (χ0v) is 15.8. The van der Waals surface area contributed by atoms with Gasteiger partial charge < -0.3 is 14.2 Å². The highest BCUT2D eigenvalue weighted by Crippen LogP contribution is 2.21. The van der Waals surface area contributed by atoms with Crippen molar-refractivity contribution >= 4 is 23.0 Å². The first-order valence-corrected chi connectivity index (χ1v) is 9.37. The number of nitrogens with one attached hydrogen (secondary N) is 1. The summed E-state index contributed by atoms with van der Waals surface area (Å²) >= 11 is 5.91. The first kappa shape index (κ1) is 18.4. The Morgan fingerprint density at radius 2 is 1.75 bits per heavy atom. The molecule has 1 fully saturated rings. The van der Waals surface area contributed by atoms with Crippen molar-refractivity contribution in [1.29, 1.82) is 0 Å². The van der Waals surface area contributed by atoms with Gasteiger partial charge in [-0.3, -0.25) is 10.1 Å². The number of piperazine rings is 1. The minimum absolute atomic E-state index is 0.112. The first-order valence-electron chi connectivity index (χ1n) is 9.00. The molecule has 8 nitrogen and oxygen atoms in total. The Bertz CT molecular complexity index is 950. The van der Waals surface area contributed by atoms with Gasteiger partial charge in [0.1, 0.15) is 0 Å². The lowest BCUT2D eigenvalue weighted by Crippen LogP contribution is -3.13. The number of hydrogen-bond donors (Lipinski definition) is 1. The number of aromatic nitrogens is 2. The number of anilines is 1. The molecule has 144 valence electrons. The summed E-state index contributed by atoms with van der Waals surface area (Å²) in [4.78, 5) is 14.0. The van der Waals surface area contributed by atoms with Crippen LogP contribution in [0.3, 0.4) is 0 Å². The van der Waals surface area contributed by atoms with Crippen molar-refractivity contribution in [3.8, 4) is 11.5 Å². The van der Waals surface area contributed by atoms with Gasteiger partial charge in [0.25, 0.3) is 11.6 Å². The molecule has 1 saturated heterocycles. The Balaban J connectivity index is 1.33. The molecule has 0 amide bonds. The molecule has 0 unspecified atom stereocenters. The van der Waals surface area contributed by atoms with Crippen LogP contribution in [0, 0.1) is 10.1 Å². The number of benzene rings is 2. The van der Waals surface area contributed by atoms with Gasteiger partial charge >= 0.3 is 0 Å². The molecule has 4 rings (SSSR count). The van der Waals surface area contributed by atoms with E-state index in [0.717, 1.165) is 37.4 Å². The van der Waals surface area contributed by atoms with E-state index in [-0.39, 0.29) is 10.6 Å². The number of hydrogen-bond acceptors (Lipinski definition) is 6. The van der Waals surface area contributed by atoms with Crippen LogP contribution in [0.1, 0.15) is 5.89 Å². The molecule has 0 atom stereocenters. The van der Waals surface area contributed by atoms with Crippen molar-refractivity contribution in [1.82, 2.24) is 10.2 Å². The molecular formula is C19H19ClN5O3+. The maximum absolute atomic E-state index is 10.8. The molecule has 0 saturated carbocycles. The molecule has 0 radical (unpaired) electrons. The van der Waals surface area contributed by atoms with E-state index in [1.54, 1.807) is 36.4 Å². The molecule has 28 heavy (non-hydrogen) atoms. The van der Waals surface area contributed by atoms with Gasteiger partial charge in [-0.2, -0.15) is 0 Å². The maximum atomic E-state index is 10.8. The summed E-state index contributed by atoms with van der Waals surface area (Å²) in [6, 6.07) is 14.0. The molecule has 1 N–H and O–H groups in total. The van der Waals surface area contributed by atoms with Crippen LogP contribution in [0.15, 0.2) is 52.9 Å². The van der Waals surface area contributed by atoms with Crippen LogP contribution >= 0.6 is 11.6 Å². The van der Waals surface area contributed by atoms with E-state index in [9.17, 15) is 10.1 Å². The summed E-state index contributed by atoms with van der Waals surface area (Å²) < 4.78 is 5.80. The van der Waals surface area contributed by atoms with Crippen LogP contribution in [0.2, 0.25) is 5.02 Å². The van der Waals surface area contributed by atoms with Gasteiger partial charge in [-0.25, -0.2) is 0 Å². The molecule has 0 spiro atoms. The molecule has 3 aromatic rings. The van der Waals surface area contributed by atoms with E-state index >= 15 is 0 Å². The lowest BCUT2D eigenvalue weighted by molar-refractivity contribution is -0.915. The molecule has 1 aliphatic rings. The van der Waals surface area contributed by atoms with Crippen molar-refractivity contribution in [2.75, 3.05) is 31.1 Å². The van der Waals surface area contributed by atoms with Crippen molar-refractivity contribution in [3.05, 3.63) is 69.6 Å². The average Bonchev–Trinajstić information content (AvgIpc) is 3.18. The van der Waals surface area contributed by atoms with E-state index in [2.05, 4.69) is 15.1 Å². The number of rotatable bonds is 5. The smallest absolute Gasteiger partial charge is 0.271 e. The zero-order chi connectivity index (χ0) is 19.5. The second kappa shape index (κ2) is 7.95. The first-order chi connectivity index (χ1) is 13.6. The highest BCUT2D eigenvalue weighted by atomic mass is 35.5. The van der Waals surface area contributed by atoms with Crippen molar-refractivity contribution < 1.29 is 14.2 Å². The summed E-state index contributed by atoms with van der Waals surface area (Å²) in [7, 11) is 0. The van der Waals surface area contributed by atoms with Crippen LogP contribution < -0.4 is 9.80 Å². The minimum atomic E-state index is -0.380. The summed E-state index contributed by atoms with van der Waals surface area (Å²) in [5, 5.41) is 19.7. The maximum Gasteiger partial charge on any atom is 0.271 e. The van der Waals surface area contributed by atoms with Crippen molar-refractivity contribution in [2.24, 2.45) is 0 Å². The van der Waals surface area contributed by atoms with Crippen molar-refractivity contribution in [3.63, 3.8) is 0 Å². The average molecular weight is 401 g/mol. The van der Waals surface area contributed by atoms with E-state index in [1.165, 1.54) is 4.90 Å². The van der Waals surface area contributed by atoms with Gasteiger partial charge in [-0.1, -0.05) is 11.6 Å². The predicted octanol–water partition coefficient (Wildman–Crippen LogP) is 2.20. The third kappa shape index (κ3) is 4.13. The summed E-state index contributed by atoms with van der Waals surface area (Å²) in [5.74, 6) is 1.11. The number of quaternary nitrogens is 1. The Labute approximate surface area is 166 Å². The van der Waals surface area contributed by atoms with Crippen LogP contribution in [-0.2, 0) is 6.54 Å². The second-order valence-electron chi connectivity index (χ2n) is 6.70. The Morgan fingerprint density at radius 3 is 2.39 bits per heavy atom. The van der Waals surface area contributed by atoms with Crippen LogP contribution in [0.4, 0.5) is 11.4 Å². The molecule has 1 aliphatic heterocycles. The Hall–Kier alpha value is -2.97. The fourth-order valence-electron chi connectivity index (χ4n) is 3.29. The zero-order valence-electron chi connectivity index (χ0n) is 15.0. The fourth-order valence-corrected chi connectivity index (χ4v) is 3.42. The number of nitrogens with zero attached hydrogens (tertiary/aromatic N) is 4. The topological polar surface area (TPSA) is 89.7 Å². The van der Waals surface area contributed by atoms with Gasteiger partial charge in [-0.05, 0) is 36.4 Å². The van der Waals surface area contributed by atoms with Gasteiger partial charge in [0, 0.05) is 28.4 Å². The van der Waals surface area contributed by atoms with E-state index in [4.69, 9.17) is 16.0 Å². The summed E-state index contributed by atoms with van der Waals surface area (Å²) in [6.07, 6.45) is 0. The van der Waals surface area contributed by atoms with E-state index in [1.807, 2.05) is 12.1 Å². The van der Waals surface area contributed by atoms with Crippen LogP contribution in [0.25, 0.3) is 11.5 Å². The lowest BCUT2D eigenvalue weighted by Gasteiger charge is -2.33. The normalized spacial score (nSPS) is 15.0. The van der Waals surface area contributed by atoms with Gasteiger partial charge in [0.15, 0.2) is 6.54 Å². The third-order valence-corrected chi connectivity index (χ3v) is 5.11. The predicted molar refractivity (Wildman–Crippen MR) is 104 cm³/mol. The monoisotopic (exact) mass is 400 g/mol. The standard InChI is InChI=1S/C19H18ClN5O3/c20-15-3-1-14(2-4-15)19-22-21-18(28-19)13-23-9-11-24(12-10-23)16-5-7-17(8-6-16)25(26)27/h1-8H,9-13H2/p+1. The van der Waals surface area contributed by atoms with E-state index in [0.29, 0.717) is 23.3 Å². The highest BCUT2D eigenvalue weighted by molar-refractivity contribution is 6.30. The molecule has 0 bridgehead atoms. The summed E-state index contributed by atoms with van der Waals surface area (Å²) in [6.45, 7) is 4.26. The van der Waals surface area contributed by atoms with Crippen LogP contribution in [-0.4, -0.2) is 41.3 Å². The summed E-state index contributed by atoms with van der Waals surface area (Å²) in [5.41, 5.74) is 1.97. The quantitative estimate of drug-likeness (QED) is 0.521. The largest absolute Gasteiger partial charge is 0.415 e. The third-order valence-electron chi connectivity index (χ3n) is 4.86. The number of halogens is 1. The van der Waals surface area contributed by atoms with Crippen molar-refractivity contribution in [2.45, 2.75) is 6.54 Å². The van der Waals surface area contributed by atoms with E-state index < -0.39 is 0 Å². The molecule has 2 heterocycles. The Morgan fingerprint density at radius 1 is 1.07 bits per heavy atom. The Kier molecular flexibility index (Phi) is 5.23. The van der Waals surface area contributed by atoms with Gasteiger partial charge in [0.2, 0.25) is 5.89 Å². The molecule has 1 aromatic heterocycles. The molecule has 9 heteroatoms. The van der Waals surface area contributed by atoms with Gasteiger partial charge in [-0.15, -0.1) is 10.2 Å². The number of nitro benzene ring substituents is 1. The fraction of sp³-hybridized carbons (Fsp3) is 0.263. The highest BCUT2D eigenvalue weighted by Gasteiger charge is 2.23.